The first kappa shape index (κ1) is 54.5. The molecule has 0 bridgehead atoms. The molecule has 0 saturated heterocycles. The van der Waals surface area contributed by atoms with Gasteiger partial charge in [0.25, 0.3) is 0 Å². The van der Waals surface area contributed by atoms with Crippen LogP contribution in [0.4, 0.5) is 0 Å². The Labute approximate surface area is 348 Å². The molecule has 2 atom stereocenters. The van der Waals surface area contributed by atoms with Gasteiger partial charge in [0.2, 0.25) is 5.91 Å². The molecule has 328 valence electrons. The highest BCUT2D eigenvalue weighted by Gasteiger charge is 2.23. The van der Waals surface area contributed by atoms with E-state index in [0.717, 1.165) is 96.3 Å². The topological polar surface area (TPSA) is 131 Å². The number of nitrogens with one attached hydrogen (secondary N) is 1. The van der Waals surface area contributed by atoms with E-state index < -0.39 is 26.5 Å². The Morgan fingerprint density at radius 1 is 0.561 bits per heavy atom. The molecular weight excluding hydrogens is 737 g/mol. The van der Waals surface area contributed by atoms with E-state index in [0.29, 0.717) is 6.42 Å². The second-order valence-electron chi connectivity index (χ2n) is 14.6. The molecule has 57 heavy (non-hydrogen) atoms. The first-order valence-electron chi connectivity index (χ1n) is 22.4. The highest BCUT2D eigenvalue weighted by molar-refractivity contribution is 7.47. The van der Waals surface area contributed by atoms with Crippen LogP contribution >= 0.6 is 7.82 Å². The zero-order valence-electron chi connectivity index (χ0n) is 36.0. The average molecular weight is 820 g/mol. The Bertz CT molecular complexity index is 1160. The zero-order valence-corrected chi connectivity index (χ0v) is 36.9. The van der Waals surface area contributed by atoms with E-state index in [1.165, 1.54) is 57.8 Å². The monoisotopic (exact) mass is 820 g/mol. The molecule has 0 radical (unpaired) electrons. The van der Waals surface area contributed by atoms with Gasteiger partial charge in [-0.3, -0.25) is 18.6 Å². The predicted molar refractivity (Wildman–Crippen MR) is 238 cm³/mol. The van der Waals surface area contributed by atoms with Crippen LogP contribution in [0.1, 0.15) is 181 Å². The van der Waals surface area contributed by atoms with Gasteiger partial charge in [0.15, 0.2) is 0 Å². The minimum atomic E-state index is -4.42. The minimum absolute atomic E-state index is 0.0729. The molecule has 1 amide bonds. The number of carbonyl (C=O) groups excluding carboxylic acids is 2. The van der Waals surface area contributed by atoms with Crippen LogP contribution in [-0.2, 0) is 27.9 Å². The Hall–Kier alpha value is -2.55. The van der Waals surface area contributed by atoms with Gasteiger partial charge in [-0.2, -0.15) is 0 Å². The van der Waals surface area contributed by atoms with Crippen LogP contribution in [0.5, 0.6) is 0 Å². The highest BCUT2D eigenvalue weighted by atomic mass is 31.2. The number of ether oxygens (including phenoxy) is 1. The van der Waals surface area contributed by atoms with Gasteiger partial charge in [-0.15, -0.1) is 0 Å². The summed E-state index contributed by atoms with van der Waals surface area (Å²) in [6, 6.07) is 0. The summed E-state index contributed by atoms with van der Waals surface area (Å²) in [5.74, 6) is -0.541. The maximum Gasteiger partial charge on any atom is 0.472 e. The van der Waals surface area contributed by atoms with Crippen LogP contribution < -0.4 is 5.32 Å². The first-order chi connectivity index (χ1) is 27.8. The normalized spacial score (nSPS) is 14.0. The van der Waals surface area contributed by atoms with Crippen molar-refractivity contribution in [2.75, 3.05) is 26.4 Å². The molecule has 0 fully saturated rings. The first-order valence-corrected chi connectivity index (χ1v) is 23.9. The van der Waals surface area contributed by atoms with E-state index in [2.05, 4.69) is 92.1 Å². The molecule has 0 rings (SSSR count). The molecule has 9 nitrogen and oxygen atoms in total. The molecule has 0 aliphatic carbocycles. The largest absolute Gasteiger partial charge is 0.472 e. The Balaban J connectivity index is 3.64. The average Bonchev–Trinajstić information content (AvgIpc) is 3.20. The lowest BCUT2D eigenvalue weighted by atomic mass is 10.1. The molecule has 0 aliphatic rings. The van der Waals surface area contributed by atoms with Crippen molar-refractivity contribution in [1.82, 2.24) is 5.32 Å². The van der Waals surface area contributed by atoms with Crippen molar-refractivity contribution in [3.05, 3.63) is 72.9 Å². The van der Waals surface area contributed by atoms with Crippen molar-refractivity contribution in [3.63, 3.8) is 0 Å². The van der Waals surface area contributed by atoms with Gasteiger partial charge in [0, 0.05) is 19.4 Å². The molecule has 0 spiro atoms. The predicted octanol–water partition coefficient (Wildman–Crippen LogP) is 12.7. The molecular formula is C47H82NO8P. The number of amides is 1. The SMILES string of the molecule is CC/C=C\C/C=C\C/C=C\C/C=C\C/C=C\CCCCCCCCCC(=O)OCC(O)COP(=O)(O)OCCNC(=O)CCCCCCC/C=C\CCCCCC. The summed E-state index contributed by atoms with van der Waals surface area (Å²) in [4.78, 5) is 33.9. The maximum atomic E-state index is 12.1. The quantitative estimate of drug-likeness (QED) is 0.0240. The van der Waals surface area contributed by atoms with Crippen LogP contribution in [-0.4, -0.2) is 54.3 Å². The number of hydrogen-bond acceptors (Lipinski definition) is 7. The lowest BCUT2D eigenvalue weighted by molar-refractivity contribution is -0.147. The summed E-state index contributed by atoms with van der Waals surface area (Å²) < 4.78 is 26.9. The second-order valence-corrected chi connectivity index (χ2v) is 16.1. The van der Waals surface area contributed by atoms with Gasteiger partial charge in [-0.1, -0.05) is 157 Å². The van der Waals surface area contributed by atoms with Crippen LogP contribution in [0, 0.1) is 0 Å². The van der Waals surface area contributed by atoms with Crippen LogP contribution in [0.25, 0.3) is 0 Å². The number of phosphoric acid groups is 1. The van der Waals surface area contributed by atoms with Gasteiger partial charge in [-0.05, 0) is 83.5 Å². The third-order valence-electron chi connectivity index (χ3n) is 9.12. The Morgan fingerprint density at radius 3 is 1.53 bits per heavy atom. The summed E-state index contributed by atoms with van der Waals surface area (Å²) in [6.07, 6.45) is 52.6. The molecule has 0 aromatic rings. The van der Waals surface area contributed by atoms with Gasteiger partial charge in [0.1, 0.15) is 12.7 Å². The molecule has 10 heteroatoms. The number of unbranched alkanes of at least 4 members (excludes halogenated alkanes) is 16. The van der Waals surface area contributed by atoms with E-state index in [4.69, 9.17) is 13.8 Å². The number of esters is 1. The van der Waals surface area contributed by atoms with Gasteiger partial charge in [0.05, 0.1) is 13.2 Å². The fraction of sp³-hybridized carbons (Fsp3) is 0.702. The molecule has 2 unspecified atom stereocenters. The maximum absolute atomic E-state index is 12.1. The third-order valence-corrected chi connectivity index (χ3v) is 10.1. The van der Waals surface area contributed by atoms with Crippen molar-refractivity contribution >= 4 is 19.7 Å². The van der Waals surface area contributed by atoms with Crippen molar-refractivity contribution in [2.24, 2.45) is 0 Å². The summed E-state index contributed by atoms with van der Waals surface area (Å²) in [6.45, 7) is 3.39. The number of allylic oxidation sites excluding steroid dienone is 12. The fourth-order valence-corrected chi connectivity index (χ4v) is 6.51. The molecule has 3 N–H and O–H groups in total. The Kier molecular flexibility index (Phi) is 41.1. The number of rotatable bonds is 41. The van der Waals surface area contributed by atoms with Crippen molar-refractivity contribution in [1.29, 1.82) is 0 Å². The number of aliphatic hydroxyl groups is 1. The van der Waals surface area contributed by atoms with Gasteiger partial charge >= 0.3 is 13.8 Å². The van der Waals surface area contributed by atoms with Gasteiger partial charge < -0.3 is 20.1 Å². The standard InChI is InChI=1S/C47H82NO8P/c1-3-5-7-9-11-13-15-17-18-19-20-21-22-23-24-25-26-28-30-32-34-36-38-40-47(51)54-43-45(49)44-56-57(52,53)55-42-41-48-46(50)39-37-35-33-31-29-27-16-14-12-10-8-6-4-2/h5,7,11,13-14,16-18,20-21,23-24,45,49H,3-4,6,8-10,12,15,19,22,25-44H2,1-2H3,(H,48,50)(H,52,53)/b7-5-,13-11-,16-14-,18-17-,21-20-,24-23-. The van der Waals surface area contributed by atoms with E-state index >= 15 is 0 Å². The van der Waals surface area contributed by atoms with Crippen LogP contribution in [0.2, 0.25) is 0 Å². The van der Waals surface area contributed by atoms with Crippen LogP contribution in [0.15, 0.2) is 72.9 Å². The lowest BCUT2D eigenvalue weighted by Crippen LogP contribution is -2.27. The number of phosphoric ester groups is 1. The molecule has 0 aliphatic heterocycles. The van der Waals surface area contributed by atoms with E-state index in [1.54, 1.807) is 0 Å². The minimum Gasteiger partial charge on any atom is -0.463 e. The number of carbonyl (C=O) groups is 2. The lowest BCUT2D eigenvalue weighted by Gasteiger charge is -2.15. The molecule has 0 heterocycles. The molecule has 0 saturated carbocycles. The van der Waals surface area contributed by atoms with E-state index in [9.17, 15) is 24.2 Å². The van der Waals surface area contributed by atoms with Crippen molar-refractivity contribution in [3.8, 4) is 0 Å². The molecule has 0 aromatic heterocycles. The number of aliphatic hydroxyl groups excluding tert-OH is 1. The summed E-state index contributed by atoms with van der Waals surface area (Å²) in [5.41, 5.74) is 0. The van der Waals surface area contributed by atoms with E-state index in [1.807, 2.05) is 0 Å². The van der Waals surface area contributed by atoms with Crippen molar-refractivity contribution < 1.29 is 37.9 Å². The summed E-state index contributed by atoms with van der Waals surface area (Å²) >= 11 is 0. The molecule has 0 aromatic carbocycles. The highest BCUT2D eigenvalue weighted by Crippen LogP contribution is 2.42. The van der Waals surface area contributed by atoms with E-state index in [-0.39, 0.29) is 32.1 Å². The summed E-state index contributed by atoms with van der Waals surface area (Å²) in [5, 5.41) is 12.7. The fourth-order valence-electron chi connectivity index (χ4n) is 5.75. The number of hydrogen-bond donors (Lipinski definition) is 3. The smallest absolute Gasteiger partial charge is 0.463 e. The van der Waals surface area contributed by atoms with Gasteiger partial charge in [-0.25, -0.2) is 4.57 Å². The zero-order chi connectivity index (χ0) is 41.8. The van der Waals surface area contributed by atoms with Crippen molar-refractivity contribution in [2.45, 2.75) is 187 Å². The van der Waals surface area contributed by atoms with Crippen LogP contribution in [0.3, 0.4) is 0 Å². The summed E-state index contributed by atoms with van der Waals surface area (Å²) in [7, 11) is -4.42. The third kappa shape index (κ3) is 44.4. The second kappa shape index (κ2) is 43.0. The Morgan fingerprint density at radius 2 is 1.00 bits per heavy atom.